The minimum Gasteiger partial charge on any atom is -0.507 e. The second kappa shape index (κ2) is 5.72. The number of aliphatic imine (C=N–C) groups is 1. The van der Waals surface area contributed by atoms with E-state index in [0.717, 1.165) is 29.0 Å². The number of phenols is 1. The SMILES string of the molecule is Oc1c(/C=N/c2ccccc2)cccc1C12CC3CC(CC(C3)C1)C2. The average Bonchev–Trinajstić information content (AvgIpc) is 2.60. The van der Waals surface area contributed by atoms with Crippen molar-refractivity contribution >= 4 is 11.9 Å². The third kappa shape index (κ3) is 2.59. The summed E-state index contributed by atoms with van der Waals surface area (Å²) in [5.41, 5.74) is 3.16. The summed E-state index contributed by atoms with van der Waals surface area (Å²) in [6, 6.07) is 16.2. The molecule has 4 bridgehead atoms. The first kappa shape index (κ1) is 15.2. The van der Waals surface area contributed by atoms with E-state index in [1.807, 2.05) is 42.6 Å². The van der Waals surface area contributed by atoms with Crippen molar-refractivity contribution in [3.63, 3.8) is 0 Å². The molecule has 0 aliphatic heterocycles. The van der Waals surface area contributed by atoms with Crippen molar-refractivity contribution in [2.24, 2.45) is 22.7 Å². The zero-order valence-corrected chi connectivity index (χ0v) is 14.6. The van der Waals surface area contributed by atoms with E-state index in [1.54, 1.807) is 0 Å². The number of para-hydroxylation sites is 2. The third-order valence-corrected chi connectivity index (χ3v) is 6.79. The molecule has 0 saturated heterocycles. The minimum atomic E-state index is 0.218. The summed E-state index contributed by atoms with van der Waals surface area (Å²) < 4.78 is 0. The number of aromatic hydroxyl groups is 1. The summed E-state index contributed by atoms with van der Waals surface area (Å²) in [6.07, 6.45) is 9.90. The lowest BCUT2D eigenvalue weighted by Crippen LogP contribution is -2.48. The number of phenolic OH excluding ortho intramolecular Hbond substituents is 1. The fourth-order valence-electron chi connectivity index (χ4n) is 6.19. The molecule has 4 saturated carbocycles. The molecule has 1 N–H and O–H groups in total. The highest BCUT2D eigenvalue weighted by atomic mass is 16.3. The summed E-state index contributed by atoms with van der Waals surface area (Å²) in [5, 5.41) is 11.0. The molecule has 25 heavy (non-hydrogen) atoms. The molecule has 0 atom stereocenters. The van der Waals surface area contributed by atoms with Crippen LogP contribution in [0.3, 0.4) is 0 Å². The van der Waals surface area contributed by atoms with Crippen LogP contribution in [0.5, 0.6) is 5.75 Å². The highest BCUT2D eigenvalue weighted by Crippen LogP contribution is 2.61. The van der Waals surface area contributed by atoms with E-state index < -0.39 is 0 Å². The minimum absolute atomic E-state index is 0.218. The number of rotatable bonds is 3. The number of benzene rings is 2. The molecule has 0 spiro atoms. The van der Waals surface area contributed by atoms with Crippen LogP contribution in [-0.4, -0.2) is 11.3 Å². The van der Waals surface area contributed by atoms with Gasteiger partial charge in [-0.25, -0.2) is 0 Å². The Balaban J connectivity index is 1.50. The molecule has 2 aromatic carbocycles. The van der Waals surface area contributed by atoms with Crippen LogP contribution in [0.4, 0.5) is 5.69 Å². The molecule has 4 fully saturated rings. The summed E-state index contributed by atoms with van der Waals surface area (Å²) in [5.74, 6) is 3.11. The van der Waals surface area contributed by atoms with Crippen LogP contribution in [0.2, 0.25) is 0 Å². The Morgan fingerprint density at radius 3 is 2.12 bits per heavy atom. The Bertz CT molecular complexity index is 773. The lowest BCUT2D eigenvalue weighted by Gasteiger charge is -2.57. The monoisotopic (exact) mass is 331 g/mol. The molecule has 0 aromatic heterocycles. The molecular weight excluding hydrogens is 306 g/mol. The van der Waals surface area contributed by atoms with Gasteiger partial charge in [0.2, 0.25) is 0 Å². The standard InChI is InChI=1S/C23H25NO/c25-22-19(15-24-20-6-2-1-3-7-20)5-4-8-21(22)23-12-16-9-17(13-23)11-18(10-16)14-23/h1-8,15-18,25H,9-14H2/b24-15+. The molecule has 4 aliphatic rings. The Kier molecular flexibility index (Phi) is 3.48. The maximum absolute atomic E-state index is 11.0. The fraction of sp³-hybridized carbons (Fsp3) is 0.435. The number of nitrogens with zero attached hydrogens (tertiary/aromatic N) is 1. The van der Waals surface area contributed by atoms with Crippen molar-refractivity contribution in [3.05, 3.63) is 59.7 Å². The van der Waals surface area contributed by atoms with Crippen molar-refractivity contribution in [2.45, 2.75) is 43.9 Å². The summed E-state index contributed by atoms with van der Waals surface area (Å²) in [6.45, 7) is 0. The highest BCUT2D eigenvalue weighted by Gasteiger charge is 2.52. The zero-order valence-electron chi connectivity index (χ0n) is 14.6. The molecule has 128 valence electrons. The normalized spacial score (nSPS) is 33.2. The smallest absolute Gasteiger partial charge is 0.128 e. The molecular formula is C23H25NO. The summed E-state index contributed by atoms with van der Waals surface area (Å²) in [4.78, 5) is 4.54. The number of hydrogen-bond donors (Lipinski definition) is 1. The molecule has 4 aliphatic carbocycles. The van der Waals surface area contributed by atoms with Crippen molar-refractivity contribution in [2.75, 3.05) is 0 Å². The van der Waals surface area contributed by atoms with E-state index in [4.69, 9.17) is 0 Å². The van der Waals surface area contributed by atoms with Crippen molar-refractivity contribution in [1.29, 1.82) is 0 Å². The predicted octanol–water partition coefficient (Wildman–Crippen LogP) is 5.61. The van der Waals surface area contributed by atoms with Gasteiger partial charge in [0.05, 0.1) is 5.69 Å². The van der Waals surface area contributed by atoms with Gasteiger partial charge in [-0.15, -0.1) is 0 Å². The van der Waals surface area contributed by atoms with Crippen molar-refractivity contribution in [3.8, 4) is 5.75 Å². The van der Waals surface area contributed by atoms with Gasteiger partial charge in [0.1, 0.15) is 5.75 Å². The van der Waals surface area contributed by atoms with Crippen LogP contribution in [-0.2, 0) is 5.41 Å². The van der Waals surface area contributed by atoms with Crippen LogP contribution in [0.15, 0.2) is 53.5 Å². The number of hydrogen-bond acceptors (Lipinski definition) is 2. The van der Waals surface area contributed by atoms with E-state index in [-0.39, 0.29) is 5.41 Å². The highest BCUT2D eigenvalue weighted by molar-refractivity contribution is 5.86. The van der Waals surface area contributed by atoms with Gasteiger partial charge in [0, 0.05) is 17.3 Å². The molecule has 2 aromatic rings. The maximum Gasteiger partial charge on any atom is 0.128 e. The lowest BCUT2D eigenvalue weighted by atomic mass is 9.48. The Hall–Kier alpha value is -2.09. The fourth-order valence-corrected chi connectivity index (χ4v) is 6.19. The van der Waals surface area contributed by atoms with Crippen LogP contribution >= 0.6 is 0 Å². The van der Waals surface area contributed by atoms with Gasteiger partial charge in [-0.3, -0.25) is 4.99 Å². The molecule has 0 amide bonds. The van der Waals surface area contributed by atoms with E-state index in [0.29, 0.717) is 5.75 Å². The van der Waals surface area contributed by atoms with Crippen molar-refractivity contribution in [1.82, 2.24) is 0 Å². The van der Waals surface area contributed by atoms with Gasteiger partial charge < -0.3 is 5.11 Å². The summed E-state index contributed by atoms with van der Waals surface area (Å²) >= 11 is 0. The van der Waals surface area contributed by atoms with Gasteiger partial charge in [0.15, 0.2) is 0 Å². The zero-order chi connectivity index (χ0) is 16.9. The van der Waals surface area contributed by atoms with Gasteiger partial charge in [-0.2, -0.15) is 0 Å². The topological polar surface area (TPSA) is 32.6 Å². The van der Waals surface area contributed by atoms with Gasteiger partial charge in [0.25, 0.3) is 0 Å². The van der Waals surface area contributed by atoms with Crippen LogP contribution in [0.25, 0.3) is 0 Å². The second-order valence-corrected chi connectivity index (χ2v) is 8.54. The Morgan fingerprint density at radius 1 is 0.840 bits per heavy atom. The molecule has 0 radical (unpaired) electrons. The average molecular weight is 331 g/mol. The second-order valence-electron chi connectivity index (χ2n) is 8.54. The van der Waals surface area contributed by atoms with E-state index >= 15 is 0 Å². The first-order valence-corrected chi connectivity index (χ1v) is 9.63. The van der Waals surface area contributed by atoms with Crippen LogP contribution < -0.4 is 0 Å². The molecule has 0 heterocycles. The predicted molar refractivity (Wildman–Crippen MR) is 102 cm³/mol. The first-order valence-electron chi connectivity index (χ1n) is 9.63. The van der Waals surface area contributed by atoms with Gasteiger partial charge in [-0.05, 0) is 79.9 Å². The molecule has 2 heteroatoms. The lowest BCUT2D eigenvalue weighted by molar-refractivity contribution is -0.00613. The van der Waals surface area contributed by atoms with E-state index in [1.165, 1.54) is 44.1 Å². The molecule has 6 rings (SSSR count). The maximum atomic E-state index is 11.0. The summed E-state index contributed by atoms with van der Waals surface area (Å²) in [7, 11) is 0. The Morgan fingerprint density at radius 2 is 1.48 bits per heavy atom. The van der Waals surface area contributed by atoms with Crippen LogP contribution in [0, 0.1) is 17.8 Å². The van der Waals surface area contributed by atoms with Gasteiger partial charge >= 0.3 is 0 Å². The van der Waals surface area contributed by atoms with Gasteiger partial charge in [-0.1, -0.05) is 30.3 Å². The first-order chi connectivity index (χ1) is 12.2. The molecule has 2 nitrogen and oxygen atoms in total. The largest absolute Gasteiger partial charge is 0.507 e. The molecule has 0 unspecified atom stereocenters. The van der Waals surface area contributed by atoms with E-state index in [9.17, 15) is 5.11 Å². The quantitative estimate of drug-likeness (QED) is 0.728. The van der Waals surface area contributed by atoms with E-state index in [2.05, 4.69) is 17.1 Å². The van der Waals surface area contributed by atoms with Crippen molar-refractivity contribution < 1.29 is 5.11 Å². The van der Waals surface area contributed by atoms with Crippen LogP contribution in [0.1, 0.15) is 49.7 Å². The Labute approximate surface area is 149 Å². The third-order valence-electron chi connectivity index (χ3n) is 6.79.